The van der Waals surface area contributed by atoms with Crippen molar-refractivity contribution in [3.63, 3.8) is 0 Å². The van der Waals surface area contributed by atoms with E-state index in [1.807, 2.05) is 0 Å². The van der Waals surface area contributed by atoms with Crippen molar-refractivity contribution in [2.45, 2.75) is 33.2 Å². The van der Waals surface area contributed by atoms with Gasteiger partial charge >= 0.3 is 0 Å². The van der Waals surface area contributed by atoms with Crippen molar-refractivity contribution in [3.8, 4) is 0 Å². The number of β-amino-alcohol motifs (C(OH)–C–C–N with tert-alkyl or cyclic N) is 1. The highest BCUT2D eigenvalue weighted by molar-refractivity contribution is 5.13. The molecule has 0 saturated carbocycles. The van der Waals surface area contributed by atoms with Crippen molar-refractivity contribution in [3.05, 3.63) is 17.2 Å². The molecule has 1 saturated heterocycles. The zero-order chi connectivity index (χ0) is 15.4. The van der Waals surface area contributed by atoms with Crippen LogP contribution in [0.1, 0.15) is 30.1 Å². The van der Waals surface area contributed by atoms with Crippen LogP contribution in [0, 0.1) is 19.8 Å². The summed E-state index contributed by atoms with van der Waals surface area (Å²) in [6.07, 6.45) is 2.48. The van der Waals surface area contributed by atoms with E-state index >= 15 is 0 Å². The number of rotatable bonds is 6. The van der Waals surface area contributed by atoms with E-state index in [9.17, 15) is 0 Å². The van der Waals surface area contributed by atoms with Gasteiger partial charge in [-0.2, -0.15) is 0 Å². The van der Waals surface area contributed by atoms with Crippen molar-refractivity contribution in [2.24, 2.45) is 13.0 Å². The lowest BCUT2D eigenvalue weighted by atomic mass is 9.96. The zero-order valence-electron chi connectivity index (χ0n) is 14.0. The first kappa shape index (κ1) is 16.5. The maximum absolute atomic E-state index is 8.99. The highest BCUT2D eigenvalue weighted by Gasteiger charge is 2.20. The molecule has 120 valence electrons. The molecule has 21 heavy (non-hydrogen) atoms. The second kappa shape index (κ2) is 7.38. The van der Waals surface area contributed by atoms with E-state index in [1.54, 1.807) is 0 Å². The highest BCUT2D eigenvalue weighted by atomic mass is 16.3. The molecule has 1 N–H and O–H groups in total. The predicted octanol–water partition coefficient (Wildman–Crippen LogP) is 1.17. The fourth-order valence-corrected chi connectivity index (χ4v) is 3.21. The fraction of sp³-hybridized carbons (Fsp3) is 0.812. The Morgan fingerprint density at radius 3 is 2.48 bits per heavy atom. The monoisotopic (exact) mass is 294 g/mol. The summed E-state index contributed by atoms with van der Waals surface area (Å²) in [5.41, 5.74) is 2.40. The lowest BCUT2D eigenvalue weighted by molar-refractivity contribution is 0.128. The van der Waals surface area contributed by atoms with Gasteiger partial charge in [-0.05, 0) is 52.7 Å². The van der Waals surface area contributed by atoms with E-state index in [4.69, 9.17) is 5.11 Å². The summed E-state index contributed by atoms with van der Waals surface area (Å²) in [6.45, 7) is 9.62. The van der Waals surface area contributed by atoms with Crippen molar-refractivity contribution in [1.82, 2.24) is 19.4 Å². The van der Waals surface area contributed by atoms with E-state index in [1.165, 1.54) is 18.5 Å². The van der Waals surface area contributed by atoms with Crippen LogP contribution in [0.15, 0.2) is 0 Å². The van der Waals surface area contributed by atoms with Crippen LogP contribution in [0.2, 0.25) is 0 Å². The van der Waals surface area contributed by atoms with Crippen LogP contribution in [-0.2, 0) is 13.6 Å². The van der Waals surface area contributed by atoms with Crippen LogP contribution in [0.5, 0.6) is 0 Å². The summed E-state index contributed by atoms with van der Waals surface area (Å²) in [7, 11) is 4.30. The highest BCUT2D eigenvalue weighted by Crippen LogP contribution is 2.19. The summed E-state index contributed by atoms with van der Waals surface area (Å²) in [6, 6.07) is 0. The maximum Gasteiger partial charge on any atom is 0.123 e. The second-order valence-electron chi connectivity index (χ2n) is 6.46. The molecule has 0 unspecified atom stereocenters. The van der Waals surface area contributed by atoms with Crippen molar-refractivity contribution < 1.29 is 5.11 Å². The van der Waals surface area contributed by atoms with Gasteiger partial charge in [-0.3, -0.25) is 4.90 Å². The Morgan fingerprint density at radius 2 is 1.95 bits per heavy atom. The Morgan fingerprint density at radius 1 is 1.29 bits per heavy atom. The van der Waals surface area contributed by atoms with E-state index in [0.717, 1.165) is 50.2 Å². The number of aromatic nitrogens is 2. The minimum atomic E-state index is 0.280. The average Bonchev–Trinajstić information content (AvgIpc) is 2.69. The Balaban J connectivity index is 1.80. The van der Waals surface area contributed by atoms with E-state index in [-0.39, 0.29) is 6.61 Å². The molecule has 5 heteroatoms. The number of hydrogen-bond acceptors (Lipinski definition) is 4. The van der Waals surface area contributed by atoms with Crippen molar-refractivity contribution >= 4 is 0 Å². The first-order chi connectivity index (χ1) is 10.0. The lowest BCUT2D eigenvalue weighted by Gasteiger charge is -2.33. The third-order valence-electron chi connectivity index (χ3n) is 4.82. The molecule has 1 aromatic rings. The van der Waals surface area contributed by atoms with E-state index in [0.29, 0.717) is 0 Å². The van der Waals surface area contributed by atoms with E-state index < -0.39 is 0 Å². The molecule has 1 aromatic heterocycles. The molecular weight excluding hydrogens is 264 g/mol. The number of piperidine rings is 1. The Bertz CT molecular complexity index is 449. The molecular formula is C16H30N4O. The minimum Gasteiger partial charge on any atom is -0.395 e. The molecule has 0 aliphatic carbocycles. The number of aryl methyl sites for hydroxylation is 1. The number of aliphatic hydroxyl groups excluding tert-OH is 1. The second-order valence-corrected chi connectivity index (χ2v) is 6.46. The topological polar surface area (TPSA) is 44.5 Å². The van der Waals surface area contributed by atoms with Crippen LogP contribution in [0.25, 0.3) is 0 Å². The summed E-state index contributed by atoms with van der Waals surface area (Å²) in [5.74, 6) is 1.93. The Labute approximate surface area is 128 Å². The molecule has 0 aromatic carbocycles. The van der Waals surface area contributed by atoms with Gasteiger partial charge in [0.25, 0.3) is 0 Å². The minimum absolute atomic E-state index is 0.280. The molecule has 1 aliphatic rings. The SMILES string of the molecule is Cc1nc(CN(C)CC2CCN(CCO)CC2)n(C)c1C. The zero-order valence-corrected chi connectivity index (χ0v) is 14.0. The van der Waals surface area contributed by atoms with Gasteiger partial charge in [0.2, 0.25) is 0 Å². The maximum atomic E-state index is 8.99. The van der Waals surface area contributed by atoms with Crippen LogP contribution >= 0.6 is 0 Å². The molecule has 2 heterocycles. The van der Waals surface area contributed by atoms with E-state index in [2.05, 4.69) is 47.3 Å². The molecule has 0 spiro atoms. The van der Waals surface area contributed by atoms with Crippen LogP contribution in [0.4, 0.5) is 0 Å². The first-order valence-electron chi connectivity index (χ1n) is 8.01. The molecule has 5 nitrogen and oxygen atoms in total. The average molecular weight is 294 g/mol. The first-order valence-corrected chi connectivity index (χ1v) is 8.01. The van der Waals surface area contributed by atoms with Gasteiger partial charge in [0.15, 0.2) is 0 Å². The molecule has 2 rings (SSSR count). The molecule has 0 bridgehead atoms. The molecule has 0 amide bonds. The normalized spacial score (nSPS) is 17.8. The van der Waals surface area contributed by atoms with Gasteiger partial charge in [0, 0.05) is 25.8 Å². The van der Waals surface area contributed by atoms with Gasteiger partial charge in [-0.1, -0.05) is 0 Å². The summed E-state index contributed by atoms with van der Waals surface area (Å²) in [4.78, 5) is 9.42. The smallest absolute Gasteiger partial charge is 0.123 e. The lowest BCUT2D eigenvalue weighted by Crippen LogP contribution is -2.39. The van der Waals surface area contributed by atoms with Gasteiger partial charge in [0.1, 0.15) is 5.82 Å². The van der Waals surface area contributed by atoms with Crippen molar-refractivity contribution in [1.29, 1.82) is 0 Å². The number of aliphatic hydroxyl groups is 1. The summed E-state index contributed by atoms with van der Waals surface area (Å²) >= 11 is 0. The third kappa shape index (κ3) is 4.28. The quantitative estimate of drug-likeness (QED) is 0.855. The summed E-state index contributed by atoms with van der Waals surface area (Å²) < 4.78 is 2.20. The molecule has 1 fully saturated rings. The molecule has 1 aliphatic heterocycles. The van der Waals surface area contributed by atoms with Gasteiger partial charge in [-0.25, -0.2) is 4.98 Å². The van der Waals surface area contributed by atoms with Crippen molar-refractivity contribution in [2.75, 3.05) is 39.8 Å². The standard InChI is InChI=1S/C16H30N4O/c1-13-14(2)19(4)16(17-13)12-18(3)11-15-5-7-20(8-6-15)9-10-21/h15,21H,5-12H2,1-4H3. The van der Waals surface area contributed by atoms with Crippen LogP contribution in [0.3, 0.4) is 0 Å². The van der Waals surface area contributed by atoms with Crippen LogP contribution < -0.4 is 0 Å². The van der Waals surface area contributed by atoms with Gasteiger partial charge < -0.3 is 14.6 Å². The van der Waals surface area contributed by atoms with Crippen LogP contribution in [-0.4, -0.2) is 64.3 Å². The molecule has 0 atom stereocenters. The fourth-order valence-electron chi connectivity index (χ4n) is 3.21. The van der Waals surface area contributed by atoms with Gasteiger partial charge in [0.05, 0.1) is 18.8 Å². The van der Waals surface area contributed by atoms with Gasteiger partial charge in [-0.15, -0.1) is 0 Å². The third-order valence-corrected chi connectivity index (χ3v) is 4.82. The Kier molecular flexibility index (Phi) is 5.79. The number of nitrogens with zero attached hydrogens (tertiary/aromatic N) is 4. The number of hydrogen-bond donors (Lipinski definition) is 1. The molecule has 0 radical (unpaired) electrons. The Hall–Kier alpha value is -0.910. The summed E-state index contributed by atoms with van der Waals surface area (Å²) in [5, 5.41) is 8.99. The predicted molar refractivity (Wildman–Crippen MR) is 85.3 cm³/mol. The number of imidazole rings is 1. The largest absolute Gasteiger partial charge is 0.395 e. The number of likely N-dealkylation sites (tertiary alicyclic amines) is 1.